The number of alkyl halides is 2. The van der Waals surface area contributed by atoms with Gasteiger partial charge < -0.3 is 19.9 Å². The van der Waals surface area contributed by atoms with Crippen molar-refractivity contribution < 1.29 is 18.3 Å². The minimum atomic E-state index is -2.82. The highest BCUT2D eigenvalue weighted by Gasteiger charge is 2.21. The van der Waals surface area contributed by atoms with Gasteiger partial charge in [0.25, 0.3) is 0 Å². The number of carbonyl (C=O) groups is 1. The summed E-state index contributed by atoms with van der Waals surface area (Å²) in [6.07, 6.45) is 5.28. The van der Waals surface area contributed by atoms with Gasteiger partial charge in [0.1, 0.15) is 5.75 Å². The molecule has 1 saturated heterocycles. The van der Waals surface area contributed by atoms with E-state index in [4.69, 9.17) is 0 Å². The van der Waals surface area contributed by atoms with E-state index in [1.54, 1.807) is 18.2 Å². The van der Waals surface area contributed by atoms with Crippen LogP contribution in [-0.2, 0) is 4.79 Å². The fourth-order valence-electron chi connectivity index (χ4n) is 2.79. The largest absolute Gasteiger partial charge is 0.435 e. The second-order valence-electron chi connectivity index (χ2n) is 6.33. The van der Waals surface area contributed by atoms with Gasteiger partial charge in [0, 0.05) is 37.4 Å². The molecule has 0 bridgehead atoms. The van der Waals surface area contributed by atoms with E-state index in [1.807, 2.05) is 25.1 Å². The fourth-order valence-corrected chi connectivity index (χ4v) is 2.79. The number of halogens is 2. The monoisotopic (exact) mass is 353 g/mol. The standard InChI is InChI=1S/C18H25F2N3O2/c1-22(2)11-4-6-17(24)21-14-5-3-12-23(13-14)15-7-9-16(10-8-15)25-18(19)20/h4,6-10,14,18H,3,5,11-13H2,1-2H3,(H,21,24)/b6-4+. The lowest BCUT2D eigenvalue weighted by molar-refractivity contribution is -0.117. The van der Waals surface area contributed by atoms with Crippen molar-refractivity contribution in [3.63, 3.8) is 0 Å². The molecule has 0 spiro atoms. The number of carbonyl (C=O) groups excluding carboxylic acids is 1. The Bertz CT molecular complexity index is 576. The van der Waals surface area contributed by atoms with Crippen LogP contribution in [0.15, 0.2) is 36.4 Å². The van der Waals surface area contributed by atoms with E-state index < -0.39 is 6.61 Å². The number of rotatable bonds is 7. The number of hydrogen-bond acceptors (Lipinski definition) is 4. The zero-order valence-corrected chi connectivity index (χ0v) is 14.6. The van der Waals surface area contributed by atoms with Gasteiger partial charge in [0.15, 0.2) is 0 Å². The van der Waals surface area contributed by atoms with Crippen LogP contribution in [0.5, 0.6) is 5.75 Å². The smallest absolute Gasteiger partial charge is 0.387 e. The fraction of sp³-hybridized carbons (Fsp3) is 0.500. The van der Waals surface area contributed by atoms with Crippen molar-refractivity contribution in [1.29, 1.82) is 0 Å². The van der Waals surface area contributed by atoms with E-state index in [1.165, 1.54) is 12.1 Å². The number of likely N-dealkylation sites (N-methyl/N-ethyl adjacent to an activating group) is 1. The molecule has 25 heavy (non-hydrogen) atoms. The Balaban J connectivity index is 1.87. The lowest BCUT2D eigenvalue weighted by Gasteiger charge is -2.34. The van der Waals surface area contributed by atoms with Gasteiger partial charge in [-0.1, -0.05) is 6.08 Å². The van der Waals surface area contributed by atoms with Crippen LogP contribution < -0.4 is 15.0 Å². The summed E-state index contributed by atoms with van der Waals surface area (Å²) in [5, 5.41) is 3.02. The summed E-state index contributed by atoms with van der Waals surface area (Å²) in [5.41, 5.74) is 0.934. The molecule has 138 valence electrons. The normalized spacial score (nSPS) is 18.2. The van der Waals surface area contributed by atoms with Gasteiger partial charge >= 0.3 is 6.61 Å². The maximum atomic E-state index is 12.2. The minimum absolute atomic E-state index is 0.0715. The van der Waals surface area contributed by atoms with Crippen LogP contribution in [0.25, 0.3) is 0 Å². The number of hydrogen-bond donors (Lipinski definition) is 1. The topological polar surface area (TPSA) is 44.8 Å². The van der Waals surface area contributed by atoms with Crippen LogP contribution in [0.4, 0.5) is 14.5 Å². The van der Waals surface area contributed by atoms with Gasteiger partial charge in [-0.25, -0.2) is 0 Å². The summed E-state index contributed by atoms with van der Waals surface area (Å²) < 4.78 is 28.8. The third-order valence-corrected chi connectivity index (χ3v) is 3.93. The third-order valence-electron chi connectivity index (χ3n) is 3.93. The molecule has 0 saturated carbocycles. The third kappa shape index (κ3) is 6.70. The van der Waals surface area contributed by atoms with Crippen LogP contribution in [0.1, 0.15) is 12.8 Å². The molecule has 1 amide bonds. The summed E-state index contributed by atoms with van der Waals surface area (Å²) in [6, 6.07) is 6.67. The highest BCUT2D eigenvalue weighted by molar-refractivity contribution is 5.87. The number of anilines is 1. The Morgan fingerprint density at radius 1 is 1.40 bits per heavy atom. The number of amides is 1. The lowest BCUT2D eigenvalue weighted by atomic mass is 10.0. The van der Waals surface area contributed by atoms with Crippen LogP contribution in [-0.4, -0.2) is 57.2 Å². The van der Waals surface area contributed by atoms with E-state index in [9.17, 15) is 13.6 Å². The Labute approximate surface area is 147 Å². The van der Waals surface area contributed by atoms with Crippen molar-refractivity contribution in [1.82, 2.24) is 10.2 Å². The van der Waals surface area contributed by atoms with Gasteiger partial charge in [-0.2, -0.15) is 8.78 Å². The maximum absolute atomic E-state index is 12.2. The molecule has 1 aliphatic rings. The molecule has 0 aromatic heterocycles. The minimum Gasteiger partial charge on any atom is -0.435 e. The predicted molar refractivity (Wildman–Crippen MR) is 94.1 cm³/mol. The summed E-state index contributed by atoms with van der Waals surface area (Å²) >= 11 is 0. The van der Waals surface area contributed by atoms with Crippen molar-refractivity contribution in [2.24, 2.45) is 0 Å². The number of ether oxygens (including phenoxy) is 1. The van der Waals surface area contributed by atoms with Crippen LogP contribution in [0, 0.1) is 0 Å². The molecule has 0 radical (unpaired) electrons. The Hall–Kier alpha value is -2.15. The first-order chi connectivity index (χ1) is 11.9. The molecule has 1 fully saturated rings. The zero-order valence-electron chi connectivity index (χ0n) is 14.6. The number of nitrogens with one attached hydrogen (secondary N) is 1. The zero-order chi connectivity index (χ0) is 18.2. The molecule has 1 N–H and O–H groups in total. The first-order valence-corrected chi connectivity index (χ1v) is 8.35. The van der Waals surface area contributed by atoms with Crippen molar-refractivity contribution in [3.8, 4) is 5.75 Å². The number of piperidine rings is 1. The molecule has 7 heteroatoms. The lowest BCUT2D eigenvalue weighted by Crippen LogP contribution is -2.47. The van der Waals surface area contributed by atoms with Crippen molar-refractivity contribution in [3.05, 3.63) is 36.4 Å². The SMILES string of the molecule is CN(C)C/C=C/C(=O)NC1CCCN(c2ccc(OC(F)F)cc2)C1. The molecular weight excluding hydrogens is 328 g/mol. The average molecular weight is 353 g/mol. The Kier molecular flexibility index (Phi) is 7.18. The number of benzene rings is 1. The molecule has 1 atom stereocenters. The van der Waals surface area contributed by atoms with E-state index in [2.05, 4.69) is 15.0 Å². The first-order valence-electron chi connectivity index (χ1n) is 8.35. The van der Waals surface area contributed by atoms with Crippen molar-refractivity contribution in [2.45, 2.75) is 25.5 Å². The molecule has 1 unspecified atom stereocenters. The summed E-state index contributed by atoms with van der Waals surface area (Å²) in [5.74, 6) is 0.0565. The Morgan fingerprint density at radius 2 is 2.12 bits per heavy atom. The van der Waals surface area contributed by atoms with Gasteiger partial charge in [0.2, 0.25) is 5.91 Å². The van der Waals surface area contributed by atoms with Gasteiger partial charge in [-0.05, 0) is 51.2 Å². The van der Waals surface area contributed by atoms with E-state index in [-0.39, 0.29) is 17.7 Å². The van der Waals surface area contributed by atoms with E-state index in [0.717, 1.165) is 31.6 Å². The average Bonchev–Trinajstić information content (AvgIpc) is 2.55. The number of nitrogens with zero attached hydrogens (tertiary/aromatic N) is 2. The Morgan fingerprint density at radius 3 is 2.76 bits per heavy atom. The molecule has 0 aliphatic carbocycles. The molecule has 1 heterocycles. The van der Waals surface area contributed by atoms with Gasteiger partial charge in [0.05, 0.1) is 0 Å². The summed E-state index contributed by atoms with van der Waals surface area (Å²) in [7, 11) is 3.89. The van der Waals surface area contributed by atoms with E-state index >= 15 is 0 Å². The van der Waals surface area contributed by atoms with Crippen LogP contribution in [0.3, 0.4) is 0 Å². The van der Waals surface area contributed by atoms with Crippen molar-refractivity contribution in [2.75, 3.05) is 38.6 Å². The van der Waals surface area contributed by atoms with Gasteiger partial charge in [-0.3, -0.25) is 4.79 Å². The first kappa shape index (κ1) is 19.2. The molecule has 1 aromatic carbocycles. The molecule has 1 aliphatic heterocycles. The molecule has 1 aromatic rings. The molecule has 5 nitrogen and oxygen atoms in total. The highest BCUT2D eigenvalue weighted by atomic mass is 19.3. The molecular formula is C18H25F2N3O2. The van der Waals surface area contributed by atoms with E-state index in [0.29, 0.717) is 6.54 Å². The second kappa shape index (κ2) is 9.36. The van der Waals surface area contributed by atoms with Gasteiger partial charge in [-0.15, -0.1) is 0 Å². The quantitative estimate of drug-likeness (QED) is 0.765. The second-order valence-corrected chi connectivity index (χ2v) is 6.33. The summed E-state index contributed by atoms with van der Waals surface area (Å²) in [4.78, 5) is 16.1. The predicted octanol–water partition coefficient (Wildman–Crippen LogP) is 2.49. The highest BCUT2D eigenvalue weighted by Crippen LogP contribution is 2.23. The summed E-state index contributed by atoms with van der Waals surface area (Å²) in [6.45, 7) is -0.529. The van der Waals surface area contributed by atoms with Crippen LogP contribution >= 0.6 is 0 Å². The van der Waals surface area contributed by atoms with Crippen LogP contribution in [0.2, 0.25) is 0 Å². The molecule has 2 rings (SSSR count). The van der Waals surface area contributed by atoms with Crippen molar-refractivity contribution >= 4 is 11.6 Å². The maximum Gasteiger partial charge on any atom is 0.387 e.